The maximum absolute atomic E-state index is 5.52. The highest BCUT2D eigenvalue weighted by Crippen LogP contribution is 2.37. The SMILES string of the molecule is C/C=C\C(=C/C)c1ccc2c(c1)c1cc(-c3ccccc3)ccc1n2-c1cccc(OC)c1.c1ccc(-c2ccc3[nH]c4ccc(-c5ccccc5)cc4c3c2)cc1. The largest absolute Gasteiger partial charge is 0.497 e. The van der Waals surface area contributed by atoms with Crippen molar-refractivity contribution >= 4 is 49.2 Å². The van der Waals surface area contributed by atoms with E-state index in [1.165, 1.54) is 88.1 Å². The fraction of sp³-hybridized carbons (Fsp3) is 0.0545. The third-order valence-electron chi connectivity index (χ3n) is 11.0. The minimum atomic E-state index is 0.851. The van der Waals surface area contributed by atoms with Gasteiger partial charge in [0.15, 0.2) is 0 Å². The van der Waals surface area contributed by atoms with E-state index in [1.807, 2.05) is 12.1 Å². The van der Waals surface area contributed by atoms with Gasteiger partial charge in [-0.3, -0.25) is 0 Å². The number of aromatic nitrogens is 2. The highest BCUT2D eigenvalue weighted by atomic mass is 16.5. The number of H-pyrrole nitrogens is 1. The summed E-state index contributed by atoms with van der Waals surface area (Å²) in [6, 6.07) is 66.8. The van der Waals surface area contributed by atoms with Crippen LogP contribution in [0, 0.1) is 0 Å². The molecule has 1 N–H and O–H groups in total. The predicted octanol–water partition coefficient (Wildman–Crippen LogP) is 15.1. The summed E-state index contributed by atoms with van der Waals surface area (Å²) in [5, 5.41) is 5.03. The average molecular weight is 749 g/mol. The number of nitrogens with zero attached hydrogens (tertiary/aromatic N) is 1. The lowest BCUT2D eigenvalue weighted by atomic mass is 10.00. The van der Waals surface area contributed by atoms with Gasteiger partial charge < -0.3 is 14.3 Å². The van der Waals surface area contributed by atoms with Crippen molar-refractivity contribution in [2.24, 2.45) is 0 Å². The van der Waals surface area contributed by atoms with Crippen LogP contribution in [0.5, 0.6) is 5.75 Å². The maximum atomic E-state index is 5.52. The minimum absolute atomic E-state index is 0.851. The molecule has 0 aliphatic carbocycles. The fourth-order valence-electron chi connectivity index (χ4n) is 8.10. The number of methoxy groups -OCH3 is 1. The zero-order valence-electron chi connectivity index (χ0n) is 33.0. The monoisotopic (exact) mass is 748 g/mol. The molecule has 0 bridgehead atoms. The maximum Gasteiger partial charge on any atom is 0.120 e. The molecule has 0 saturated carbocycles. The summed E-state index contributed by atoms with van der Waals surface area (Å²) in [4.78, 5) is 3.54. The van der Waals surface area contributed by atoms with E-state index >= 15 is 0 Å². The Kier molecular flexibility index (Phi) is 10.0. The zero-order chi connectivity index (χ0) is 39.4. The summed E-state index contributed by atoms with van der Waals surface area (Å²) in [6.07, 6.45) is 6.42. The van der Waals surface area contributed by atoms with Crippen LogP contribution in [0.3, 0.4) is 0 Å². The van der Waals surface area contributed by atoms with Crippen LogP contribution in [0.1, 0.15) is 19.4 Å². The van der Waals surface area contributed by atoms with E-state index in [-0.39, 0.29) is 0 Å². The van der Waals surface area contributed by atoms with Gasteiger partial charge in [0.2, 0.25) is 0 Å². The predicted molar refractivity (Wildman–Crippen MR) is 248 cm³/mol. The van der Waals surface area contributed by atoms with E-state index in [9.17, 15) is 0 Å². The molecule has 0 saturated heterocycles. The zero-order valence-corrected chi connectivity index (χ0v) is 33.0. The van der Waals surface area contributed by atoms with Crippen LogP contribution in [0.25, 0.3) is 88.3 Å². The summed E-state index contributed by atoms with van der Waals surface area (Å²) in [5.41, 5.74) is 15.7. The summed E-state index contributed by atoms with van der Waals surface area (Å²) >= 11 is 0. The van der Waals surface area contributed by atoms with Gasteiger partial charge >= 0.3 is 0 Å². The Hall–Kier alpha value is -7.36. The Bertz CT molecular complexity index is 3000. The highest BCUT2D eigenvalue weighted by molar-refractivity contribution is 6.12. The number of ether oxygens (including phenoxy) is 1. The van der Waals surface area contributed by atoms with Gasteiger partial charge in [-0.25, -0.2) is 0 Å². The molecule has 0 atom stereocenters. The molecular formula is C55H44N2O. The molecule has 3 nitrogen and oxygen atoms in total. The number of nitrogens with one attached hydrogen (secondary N) is 1. The van der Waals surface area contributed by atoms with Crippen LogP contribution in [0.4, 0.5) is 0 Å². The average Bonchev–Trinajstić information content (AvgIpc) is 3.83. The number of allylic oxidation sites excluding steroid dienone is 4. The highest BCUT2D eigenvalue weighted by Gasteiger charge is 2.15. The molecule has 3 heteroatoms. The number of hydrogen-bond donors (Lipinski definition) is 1. The van der Waals surface area contributed by atoms with Crippen molar-refractivity contribution in [3.63, 3.8) is 0 Å². The first kappa shape index (κ1) is 36.3. The molecular weight excluding hydrogens is 705 g/mol. The van der Waals surface area contributed by atoms with Gasteiger partial charge in [-0.15, -0.1) is 0 Å². The van der Waals surface area contributed by atoms with Gasteiger partial charge in [-0.05, 0) is 119 Å². The molecule has 280 valence electrons. The Balaban J connectivity index is 0.000000156. The number of rotatable bonds is 7. The molecule has 2 aromatic heterocycles. The number of fused-ring (bicyclic) bond motifs is 6. The minimum Gasteiger partial charge on any atom is -0.497 e. The van der Waals surface area contributed by atoms with Crippen LogP contribution in [0.15, 0.2) is 206 Å². The van der Waals surface area contributed by atoms with E-state index in [2.05, 4.69) is 218 Å². The van der Waals surface area contributed by atoms with E-state index in [0.29, 0.717) is 0 Å². The number of hydrogen-bond acceptors (Lipinski definition) is 1. The normalized spacial score (nSPS) is 11.7. The van der Waals surface area contributed by atoms with Crippen LogP contribution >= 0.6 is 0 Å². The van der Waals surface area contributed by atoms with Crippen molar-refractivity contribution < 1.29 is 4.74 Å². The van der Waals surface area contributed by atoms with Crippen LogP contribution in [0.2, 0.25) is 0 Å². The third-order valence-corrected chi connectivity index (χ3v) is 11.0. The molecule has 0 amide bonds. The summed E-state index contributed by atoms with van der Waals surface area (Å²) in [6.45, 7) is 4.15. The molecule has 0 fully saturated rings. The lowest BCUT2D eigenvalue weighted by Gasteiger charge is -2.10. The first-order chi connectivity index (χ1) is 28.6. The Morgan fingerprint density at radius 1 is 0.466 bits per heavy atom. The lowest BCUT2D eigenvalue weighted by molar-refractivity contribution is 0.414. The first-order valence-electron chi connectivity index (χ1n) is 19.9. The van der Waals surface area contributed by atoms with E-state index in [1.54, 1.807) is 7.11 Å². The van der Waals surface area contributed by atoms with Gasteiger partial charge in [-0.1, -0.05) is 140 Å². The fourth-order valence-corrected chi connectivity index (χ4v) is 8.10. The van der Waals surface area contributed by atoms with Gasteiger partial charge in [0, 0.05) is 44.3 Å². The van der Waals surface area contributed by atoms with Crippen molar-refractivity contribution in [2.75, 3.05) is 7.11 Å². The van der Waals surface area contributed by atoms with Gasteiger partial charge in [0.05, 0.1) is 18.1 Å². The van der Waals surface area contributed by atoms with Gasteiger partial charge in [0.25, 0.3) is 0 Å². The standard InChI is InChI=1S/C31H27NO.C24H17N/c1-4-10-22(5-2)24-15-17-30-28(19-24)29-20-25(23-11-7-6-8-12-23)16-18-31(29)32(30)26-13-9-14-27(21-26)33-3;1-3-7-17(8-4-1)19-11-13-23-21(15-19)22-16-20(12-14-24(22)25-23)18-9-5-2-6-10-18/h4-21H,1-3H3;1-16,25H/b10-4-,22-5+;. The molecule has 0 unspecified atom stereocenters. The van der Waals surface area contributed by atoms with Crippen LogP contribution in [-0.2, 0) is 0 Å². The van der Waals surface area contributed by atoms with Gasteiger partial charge in [0.1, 0.15) is 5.75 Å². The Labute approximate surface area is 339 Å². The Morgan fingerprint density at radius 3 is 1.48 bits per heavy atom. The molecule has 10 rings (SSSR count). The van der Waals surface area contributed by atoms with E-state index in [0.717, 1.165) is 11.4 Å². The van der Waals surface area contributed by atoms with Crippen molar-refractivity contribution in [1.82, 2.24) is 9.55 Å². The topological polar surface area (TPSA) is 29.9 Å². The molecule has 10 aromatic rings. The molecule has 0 radical (unpaired) electrons. The molecule has 8 aromatic carbocycles. The molecule has 0 aliphatic heterocycles. The molecule has 0 aliphatic rings. The van der Waals surface area contributed by atoms with Crippen molar-refractivity contribution in [2.45, 2.75) is 13.8 Å². The van der Waals surface area contributed by atoms with E-state index in [4.69, 9.17) is 4.74 Å². The smallest absolute Gasteiger partial charge is 0.120 e. The van der Waals surface area contributed by atoms with Crippen LogP contribution in [-0.4, -0.2) is 16.7 Å². The van der Waals surface area contributed by atoms with Crippen LogP contribution < -0.4 is 4.74 Å². The summed E-state index contributed by atoms with van der Waals surface area (Å²) < 4.78 is 7.85. The van der Waals surface area contributed by atoms with Crippen molar-refractivity contribution in [3.05, 3.63) is 212 Å². The molecule has 58 heavy (non-hydrogen) atoms. The number of aromatic amines is 1. The molecule has 2 heterocycles. The summed E-state index contributed by atoms with van der Waals surface area (Å²) in [7, 11) is 1.71. The Morgan fingerprint density at radius 2 is 0.966 bits per heavy atom. The lowest BCUT2D eigenvalue weighted by Crippen LogP contribution is -1.95. The van der Waals surface area contributed by atoms with Gasteiger partial charge in [-0.2, -0.15) is 0 Å². The second kappa shape index (κ2) is 16.0. The molecule has 0 spiro atoms. The van der Waals surface area contributed by atoms with Crippen molar-refractivity contribution in [1.29, 1.82) is 0 Å². The first-order valence-corrected chi connectivity index (χ1v) is 19.9. The second-order valence-electron chi connectivity index (χ2n) is 14.5. The number of benzene rings is 8. The summed E-state index contributed by atoms with van der Waals surface area (Å²) in [5.74, 6) is 0.851. The quantitative estimate of drug-likeness (QED) is 0.162. The third kappa shape index (κ3) is 6.99. The van der Waals surface area contributed by atoms with E-state index < -0.39 is 0 Å². The van der Waals surface area contributed by atoms with Crippen molar-refractivity contribution in [3.8, 4) is 44.8 Å². The second-order valence-corrected chi connectivity index (χ2v) is 14.5.